The molecule has 0 saturated carbocycles. The molecule has 1 rings (SSSR count). The van der Waals surface area contributed by atoms with Gasteiger partial charge in [-0.3, -0.25) is 28.8 Å². The summed E-state index contributed by atoms with van der Waals surface area (Å²) in [5, 5.41) is 42.2. The highest BCUT2D eigenvalue weighted by Crippen LogP contribution is 2.13. The molecule has 6 amide bonds. The van der Waals surface area contributed by atoms with Crippen LogP contribution in [0.15, 0.2) is 24.3 Å². The van der Waals surface area contributed by atoms with Gasteiger partial charge in [0.25, 0.3) is 0 Å². The molecule has 17 heteroatoms. The van der Waals surface area contributed by atoms with Crippen LogP contribution >= 0.6 is 0 Å². The Morgan fingerprint density at radius 3 is 1.60 bits per heavy atom. The van der Waals surface area contributed by atoms with Crippen LogP contribution in [0.3, 0.4) is 0 Å². The van der Waals surface area contributed by atoms with Gasteiger partial charge in [0, 0.05) is 6.42 Å². The molecule has 1 aromatic carbocycles. The van der Waals surface area contributed by atoms with Gasteiger partial charge in [0.2, 0.25) is 35.4 Å². The number of phenolic OH excluding ortho intramolecular Hbond substituents is 1. The van der Waals surface area contributed by atoms with Crippen LogP contribution in [0.2, 0.25) is 0 Å². The van der Waals surface area contributed by atoms with Crippen LogP contribution in [0.5, 0.6) is 5.75 Å². The molecule has 4 atom stereocenters. The minimum atomic E-state index is -1.56. The SMILES string of the molecule is CC(C)C[C@H](NC(=O)[C@H](CC(C)C)NC(=O)[C@H](Cc1ccc(O)cc1)NC(=O)CNC(=O)CN)C(=O)NCC(=O)N[C@@H](CO)C(=O)O. The van der Waals surface area contributed by atoms with E-state index in [-0.39, 0.29) is 43.4 Å². The first-order valence-corrected chi connectivity index (χ1v) is 15.1. The lowest BCUT2D eigenvalue weighted by atomic mass is 9.99. The van der Waals surface area contributed by atoms with E-state index >= 15 is 0 Å². The summed E-state index contributed by atoms with van der Waals surface area (Å²) >= 11 is 0. The molecule has 0 spiro atoms. The maximum atomic E-state index is 13.5. The van der Waals surface area contributed by atoms with Crippen molar-refractivity contribution in [3.63, 3.8) is 0 Å². The monoisotopic (exact) mass is 665 g/mol. The first-order valence-electron chi connectivity index (χ1n) is 15.1. The van der Waals surface area contributed by atoms with Crippen molar-refractivity contribution in [3.05, 3.63) is 29.8 Å². The molecule has 47 heavy (non-hydrogen) atoms. The van der Waals surface area contributed by atoms with E-state index in [1.54, 1.807) is 26.0 Å². The van der Waals surface area contributed by atoms with Crippen molar-refractivity contribution in [1.29, 1.82) is 0 Å². The molecule has 1 aromatic rings. The van der Waals surface area contributed by atoms with Crippen LogP contribution in [-0.4, -0.2) is 107 Å². The number of carboxylic acids is 1. The standard InChI is InChI=1S/C30H47N7O10/c1-16(2)9-20(27(43)33-14-26(42)35-23(15-38)30(46)47)36-28(44)21(10-17(3)4)37-29(45)22(11-18-5-7-19(39)8-6-18)34-25(41)13-32-24(40)12-31/h5-8,16-17,20-23,38-39H,9-15,31H2,1-4H3,(H,32,40)(H,33,43)(H,34,41)(H,35,42)(H,36,44)(H,37,45)(H,46,47)/t20-,21-,22-,23-/m0/s1. The van der Waals surface area contributed by atoms with Crippen molar-refractivity contribution >= 4 is 41.4 Å². The highest BCUT2D eigenvalue weighted by molar-refractivity contribution is 5.96. The average molecular weight is 666 g/mol. The minimum absolute atomic E-state index is 0.00724. The Balaban J connectivity index is 3.12. The Morgan fingerprint density at radius 1 is 0.660 bits per heavy atom. The lowest BCUT2D eigenvalue weighted by Gasteiger charge is -2.27. The van der Waals surface area contributed by atoms with Gasteiger partial charge in [-0.1, -0.05) is 39.8 Å². The van der Waals surface area contributed by atoms with Crippen LogP contribution in [0, 0.1) is 11.8 Å². The Morgan fingerprint density at radius 2 is 1.13 bits per heavy atom. The van der Waals surface area contributed by atoms with Crippen LogP contribution in [0.4, 0.5) is 0 Å². The molecule has 262 valence electrons. The number of carbonyl (C=O) groups is 7. The van der Waals surface area contributed by atoms with Crippen molar-refractivity contribution < 1.29 is 48.9 Å². The largest absolute Gasteiger partial charge is 0.508 e. The fourth-order valence-corrected chi connectivity index (χ4v) is 4.25. The molecule has 17 nitrogen and oxygen atoms in total. The predicted octanol–water partition coefficient (Wildman–Crippen LogP) is -2.77. The summed E-state index contributed by atoms with van der Waals surface area (Å²) in [6.07, 6.45) is 0.280. The maximum Gasteiger partial charge on any atom is 0.328 e. The number of aromatic hydroxyl groups is 1. The van der Waals surface area contributed by atoms with E-state index in [1.165, 1.54) is 12.1 Å². The number of nitrogens with one attached hydrogen (secondary N) is 6. The van der Waals surface area contributed by atoms with E-state index in [2.05, 4.69) is 31.9 Å². The van der Waals surface area contributed by atoms with Gasteiger partial charge in [-0.25, -0.2) is 4.79 Å². The summed E-state index contributed by atoms with van der Waals surface area (Å²) < 4.78 is 0. The Bertz CT molecular complexity index is 1240. The molecule has 0 radical (unpaired) electrons. The van der Waals surface area contributed by atoms with E-state index < -0.39 is 85.3 Å². The van der Waals surface area contributed by atoms with Crippen LogP contribution in [-0.2, 0) is 40.0 Å². The molecule has 0 aromatic heterocycles. The summed E-state index contributed by atoms with van der Waals surface area (Å²) in [6, 6.07) is 0.879. The van der Waals surface area contributed by atoms with Gasteiger partial charge >= 0.3 is 5.97 Å². The number of rotatable bonds is 20. The molecule has 0 fully saturated rings. The zero-order valence-corrected chi connectivity index (χ0v) is 27.0. The lowest BCUT2D eigenvalue weighted by molar-refractivity contribution is -0.142. The molecule has 0 aliphatic carbocycles. The highest BCUT2D eigenvalue weighted by atomic mass is 16.4. The first kappa shape index (κ1) is 40.3. The van der Waals surface area contributed by atoms with Gasteiger partial charge < -0.3 is 53.0 Å². The summed E-state index contributed by atoms with van der Waals surface area (Å²) in [4.78, 5) is 87.3. The fraction of sp³-hybridized carbons (Fsp3) is 0.567. The van der Waals surface area contributed by atoms with Crippen LogP contribution in [0.1, 0.15) is 46.1 Å². The molecule has 0 unspecified atom stereocenters. The molecule has 0 aliphatic rings. The van der Waals surface area contributed by atoms with E-state index in [0.717, 1.165) is 0 Å². The predicted molar refractivity (Wildman–Crippen MR) is 168 cm³/mol. The van der Waals surface area contributed by atoms with E-state index in [1.807, 2.05) is 13.8 Å². The van der Waals surface area contributed by atoms with E-state index in [0.29, 0.717) is 5.56 Å². The number of carboxylic acid groups (broad SMARTS) is 1. The molecular weight excluding hydrogens is 618 g/mol. The number of phenols is 1. The maximum absolute atomic E-state index is 13.5. The molecule has 0 bridgehead atoms. The van der Waals surface area contributed by atoms with Gasteiger partial charge in [0.1, 0.15) is 29.9 Å². The summed E-state index contributed by atoms with van der Waals surface area (Å²) in [5.74, 6) is -5.96. The third kappa shape index (κ3) is 15.9. The number of hydrogen-bond donors (Lipinski definition) is 10. The number of nitrogens with two attached hydrogens (primary N) is 1. The van der Waals surface area contributed by atoms with Gasteiger partial charge in [-0.2, -0.15) is 0 Å². The molecule has 0 heterocycles. The van der Waals surface area contributed by atoms with Crippen molar-refractivity contribution in [2.45, 2.75) is 71.1 Å². The second kappa shape index (κ2) is 20.4. The van der Waals surface area contributed by atoms with E-state index in [4.69, 9.17) is 15.9 Å². The lowest BCUT2D eigenvalue weighted by Crippen LogP contribution is -2.58. The Hall–Kier alpha value is -4.77. The topological polar surface area (TPSA) is 278 Å². The second-order valence-corrected chi connectivity index (χ2v) is 11.7. The van der Waals surface area contributed by atoms with Crippen molar-refractivity contribution in [1.82, 2.24) is 31.9 Å². The number of aliphatic hydroxyl groups is 1. The smallest absolute Gasteiger partial charge is 0.328 e. The number of carbonyl (C=O) groups excluding carboxylic acids is 6. The average Bonchev–Trinajstić information content (AvgIpc) is 3.00. The Labute approximate surface area is 272 Å². The van der Waals surface area contributed by atoms with E-state index in [9.17, 15) is 38.7 Å². The van der Waals surface area contributed by atoms with Crippen LogP contribution in [0.25, 0.3) is 0 Å². The van der Waals surface area contributed by atoms with Crippen molar-refractivity contribution in [3.8, 4) is 5.75 Å². The Kier molecular flexibility index (Phi) is 17.4. The van der Waals surface area contributed by atoms with Gasteiger partial charge in [-0.05, 0) is 42.4 Å². The molecule has 0 saturated heterocycles. The molecular formula is C30H47N7O10. The number of benzene rings is 1. The second-order valence-electron chi connectivity index (χ2n) is 11.7. The van der Waals surface area contributed by atoms with Gasteiger partial charge in [-0.15, -0.1) is 0 Å². The number of amides is 6. The normalized spacial score (nSPS) is 13.4. The number of aliphatic hydroxyl groups excluding tert-OH is 1. The molecule has 0 aliphatic heterocycles. The quantitative estimate of drug-likeness (QED) is 0.0681. The third-order valence-corrected chi connectivity index (χ3v) is 6.58. The molecule has 11 N–H and O–H groups in total. The zero-order valence-electron chi connectivity index (χ0n) is 27.0. The van der Waals surface area contributed by atoms with Crippen molar-refractivity contribution in [2.75, 3.05) is 26.2 Å². The summed E-state index contributed by atoms with van der Waals surface area (Å²) in [7, 11) is 0. The zero-order chi connectivity index (χ0) is 35.7. The first-order chi connectivity index (χ1) is 22.1. The highest BCUT2D eigenvalue weighted by Gasteiger charge is 2.31. The van der Waals surface area contributed by atoms with Gasteiger partial charge in [0.05, 0.1) is 26.2 Å². The minimum Gasteiger partial charge on any atom is -0.508 e. The van der Waals surface area contributed by atoms with Crippen molar-refractivity contribution in [2.24, 2.45) is 17.6 Å². The fourth-order valence-electron chi connectivity index (χ4n) is 4.25. The number of hydrogen-bond acceptors (Lipinski definition) is 10. The summed E-state index contributed by atoms with van der Waals surface area (Å²) in [6.45, 7) is 4.97. The summed E-state index contributed by atoms with van der Waals surface area (Å²) in [5.41, 5.74) is 5.82. The van der Waals surface area contributed by atoms with Crippen LogP contribution < -0.4 is 37.6 Å². The number of aliphatic carboxylic acids is 1. The third-order valence-electron chi connectivity index (χ3n) is 6.58. The van der Waals surface area contributed by atoms with Gasteiger partial charge in [0.15, 0.2) is 0 Å².